The average molecular weight is 324 g/mol. The Morgan fingerprint density at radius 3 is 2.61 bits per heavy atom. The van der Waals surface area contributed by atoms with Crippen molar-refractivity contribution in [2.75, 3.05) is 18.4 Å². The predicted molar refractivity (Wildman–Crippen MR) is 95.7 cm³/mol. The third-order valence-corrected chi connectivity index (χ3v) is 5.17. The van der Waals surface area contributed by atoms with Crippen LogP contribution in [0, 0.1) is 0 Å². The van der Waals surface area contributed by atoms with Gasteiger partial charge < -0.3 is 5.32 Å². The zero-order valence-electron chi connectivity index (χ0n) is 13.0. The maximum Gasteiger partial charge on any atom is 0.138 e. The molecule has 0 bridgehead atoms. The lowest BCUT2D eigenvalue weighted by Crippen LogP contribution is -2.18. The number of hydrogen-bond acceptors (Lipinski definition) is 5. The molecule has 1 aliphatic heterocycles. The molecule has 4 rings (SSSR count). The number of fused-ring (bicyclic) bond motifs is 1. The van der Waals surface area contributed by atoms with Crippen molar-refractivity contribution >= 4 is 27.4 Å². The smallest absolute Gasteiger partial charge is 0.138 e. The van der Waals surface area contributed by atoms with Crippen LogP contribution in [-0.4, -0.2) is 28.0 Å². The number of nitrogens with one attached hydrogen (secondary N) is 1. The van der Waals surface area contributed by atoms with E-state index in [1.807, 2.05) is 0 Å². The second kappa shape index (κ2) is 6.64. The van der Waals surface area contributed by atoms with Gasteiger partial charge in [0.05, 0.1) is 5.39 Å². The van der Waals surface area contributed by atoms with E-state index in [2.05, 4.69) is 55.9 Å². The van der Waals surface area contributed by atoms with E-state index in [9.17, 15) is 0 Å². The molecular formula is C18H20N4S. The predicted octanol–water partition coefficient (Wildman–Crippen LogP) is 3.90. The summed E-state index contributed by atoms with van der Waals surface area (Å²) in [6.07, 6.45) is 4.32. The molecule has 1 N–H and O–H groups in total. The summed E-state index contributed by atoms with van der Waals surface area (Å²) < 4.78 is 0. The Morgan fingerprint density at radius 2 is 1.78 bits per heavy atom. The van der Waals surface area contributed by atoms with Crippen LogP contribution in [0.5, 0.6) is 0 Å². The molecule has 3 heterocycles. The van der Waals surface area contributed by atoms with E-state index in [1.54, 1.807) is 17.7 Å². The number of hydrogen-bond donors (Lipinski definition) is 1. The van der Waals surface area contributed by atoms with E-state index >= 15 is 0 Å². The summed E-state index contributed by atoms with van der Waals surface area (Å²) in [6.45, 7) is 4.35. The monoisotopic (exact) mass is 324 g/mol. The molecule has 0 spiro atoms. The summed E-state index contributed by atoms with van der Waals surface area (Å²) in [5, 5.41) is 6.58. The molecule has 118 valence electrons. The fourth-order valence-electron chi connectivity index (χ4n) is 3.08. The maximum atomic E-state index is 4.36. The molecule has 23 heavy (non-hydrogen) atoms. The Bertz CT molecular complexity index is 775. The fraction of sp³-hybridized carbons (Fsp3) is 0.333. The Kier molecular flexibility index (Phi) is 4.22. The van der Waals surface area contributed by atoms with Crippen LogP contribution < -0.4 is 5.32 Å². The molecule has 0 saturated carbocycles. The molecule has 1 saturated heterocycles. The molecular weight excluding hydrogens is 304 g/mol. The number of nitrogens with zero attached hydrogens (tertiary/aromatic N) is 3. The second-order valence-corrected chi connectivity index (χ2v) is 6.91. The molecule has 0 unspecified atom stereocenters. The fourth-order valence-corrected chi connectivity index (χ4v) is 3.81. The van der Waals surface area contributed by atoms with Gasteiger partial charge in [0.25, 0.3) is 0 Å². The van der Waals surface area contributed by atoms with Gasteiger partial charge in [-0.15, -0.1) is 11.3 Å². The highest BCUT2D eigenvalue weighted by Crippen LogP contribution is 2.24. The van der Waals surface area contributed by atoms with Crippen molar-refractivity contribution in [3.8, 4) is 0 Å². The topological polar surface area (TPSA) is 41.1 Å². The first-order chi connectivity index (χ1) is 11.4. The van der Waals surface area contributed by atoms with E-state index in [1.165, 1.54) is 37.1 Å². The van der Waals surface area contributed by atoms with Crippen molar-refractivity contribution in [3.63, 3.8) is 0 Å². The summed E-state index contributed by atoms with van der Waals surface area (Å²) in [7, 11) is 0. The van der Waals surface area contributed by atoms with E-state index in [0.29, 0.717) is 0 Å². The lowest BCUT2D eigenvalue weighted by molar-refractivity contribution is 0.331. The Morgan fingerprint density at radius 1 is 1.00 bits per heavy atom. The van der Waals surface area contributed by atoms with Crippen LogP contribution in [0.25, 0.3) is 10.2 Å². The van der Waals surface area contributed by atoms with Crippen LogP contribution in [0.2, 0.25) is 0 Å². The first-order valence-corrected chi connectivity index (χ1v) is 8.99. The number of thiophene rings is 1. The van der Waals surface area contributed by atoms with Gasteiger partial charge in [-0.25, -0.2) is 9.97 Å². The van der Waals surface area contributed by atoms with Gasteiger partial charge in [0.1, 0.15) is 17.0 Å². The zero-order chi connectivity index (χ0) is 15.5. The third-order valence-electron chi connectivity index (χ3n) is 4.35. The highest BCUT2D eigenvalue weighted by molar-refractivity contribution is 7.16. The lowest BCUT2D eigenvalue weighted by atomic mass is 10.1. The number of benzene rings is 1. The van der Waals surface area contributed by atoms with E-state index < -0.39 is 0 Å². The largest absolute Gasteiger partial charge is 0.365 e. The molecule has 1 fully saturated rings. The van der Waals surface area contributed by atoms with Crippen molar-refractivity contribution in [2.45, 2.75) is 25.9 Å². The van der Waals surface area contributed by atoms with E-state index in [-0.39, 0.29) is 0 Å². The SMILES string of the molecule is c1nc(NCc2ccc(CN3CCCC3)cc2)c2ccsc2n1. The van der Waals surface area contributed by atoms with Gasteiger partial charge >= 0.3 is 0 Å². The second-order valence-electron chi connectivity index (χ2n) is 6.02. The van der Waals surface area contributed by atoms with Crippen LogP contribution >= 0.6 is 11.3 Å². The highest BCUT2D eigenvalue weighted by Gasteiger charge is 2.11. The Labute approximate surface area is 140 Å². The molecule has 0 aliphatic carbocycles. The van der Waals surface area contributed by atoms with Crippen molar-refractivity contribution in [2.24, 2.45) is 0 Å². The number of aromatic nitrogens is 2. The molecule has 3 aromatic rings. The van der Waals surface area contributed by atoms with Crippen LogP contribution in [0.1, 0.15) is 24.0 Å². The summed E-state index contributed by atoms with van der Waals surface area (Å²) in [6, 6.07) is 11.0. The van der Waals surface area contributed by atoms with Gasteiger partial charge in [-0.3, -0.25) is 4.90 Å². The number of rotatable bonds is 5. The third kappa shape index (κ3) is 3.35. The van der Waals surface area contributed by atoms with Crippen LogP contribution in [-0.2, 0) is 13.1 Å². The average Bonchev–Trinajstić information content (AvgIpc) is 3.25. The summed E-state index contributed by atoms with van der Waals surface area (Å²) >= 11 is 1.64. The minimum Gasteiger partial charge on any atom is -0.365 e. The minimum atomic E-state index is 0.784. The van der Waals surface area contributed by atoms with E-state index in [0.717, 1.165) is 29.1 Å². The first kappa shape index (κ1) is 14.6. The minimum absolute atomic E-state index is 0.784. The molecule has 0 radical (unpaired) electrons. The molecule has 0 amide bonds. The van der Waals surface area contributed by atoms with Gasteiger partial charge in [0.2, 0.25) is 0 Å². The van der Waals surface area contributed by atoms with Crippen molar-refractivity contribution in [1.29, 1.82) is 0 Å². The van der Waals surface area contributed by atoms with Crippen molar-refractivity contribution in [3.05, 3.63) is 53.2 Å². The molecule has 4 nitrogen and oxygen atoms in total. The molecule has 2 aromatic heterocycles. The zero-order valence-corrected chi connectivity index (χ0v) is 13.9. The quantitative estimate of drug-likeness (QED) is 0.773. The van der Waals surface area contributed by atoms with Crippen LogP contribution in [0.3, 0.4) is 0 Å². The van der Waals surface area contributed by atoms with Gasteiger partial charge in [-0.05, 0) is 48.5 Å². The Balaban J connectivity index is 1.40. The summed E-state index contributed by atoms with van der Waals surface area (Å²) in [4.78, 5) is 12.2. The van der Waals surface area contributed by atoms with Crippen LogP contribution in [0.15, 0.2) is 42.0 Å². The normalized spacial score (nSPS) is 15.3. The molecule has 0 atom stereocenters. The lowest BCUT2D eigenvalue weighted by Gasteiger charge is -2.14. The Hall–Kier alpha value is -1.98. The molecule has 1 aliphatic rings. The van der Waals surface area contributed by atoms with Gasteiger partial charge in [0, 0.05) is 13.1 Å². The molecule has 1 aromatic carbocycles. The van der Waals surface area contributed by atoms with Crippen molar-refractivity contribution < 1.29 is 0 Å². The van der Waals surface area contributed by atoms with E-state index in [4.69, 9.17) is 0 Å². The first-order valence-electron chi connectivity index (χ1n) is 8.11. The van der Waals surface area contributed by atoms with Crippen molar-refractivity contribution in [1.82, 2.24) is 14.9 Å². The van der Waals surface area contributed by atoms with Crippen LogP contribution in [0.4, 0.5) is 5.82 Å². The maximum absolute atomic E-state index is 4.36. The number of likely N-dealkylation sites (tertiary alicyclic amines) is 1. The molecule has 5 heteroatoms. The summed E-state index contributed by atoms with van der Waals surface area (Å²) in [5.41, 5.74) is 2.68. The van der Waals surface area contributed by atoms with Gasteiger partial charge in [0.15, 0.2) is 0 Å². The van der Waals surface area contributed by atoms with Gasteiger partial charge in [-0.2, -0.15) is 0 Å². The number of anilines is 1. The summed E-state index contributed by atoms with van der Waals surface area (Å²) in [5.74, 6) is 0.914. The standard InChI is InChI=1S/C18H20N4S/c1-2-9-22(8-1)12-15-5-3-14(4-6-15)11-19-17-16-7-10-23-18(16)21-13-20-17/h3-7,10,13H,1-2,8-9,11-12H2,(H,19,20,21). The highest BCUT2D eigenvalue weighted by atomic mass is 32.1. The van der Waals surface area contributed by atoms with Gasteiger partial charge in [-0.1, -0.05) is 24.3 Å².